The fourth-order valence-corrected chi connectivity index (χ4v) is 3.27. The summed E-state index contributed by atoms with van der Waals surface area (Å²) in [4.78, 5) is 0. The van der Waals surface area contributed by atoms with Gasteiger partial charge in [0.2, 0.25) is 0 Å². The molecule has 0 radical (unpaired) electrons. The molecular weight excluding hydrogens is 210 g/mol. The second-order valence-electron chi connectivity index (χ2n) is 5.58. The molecule has 1 aliphatic heterocycles. The van der Waals surface area contributed by atoms with Crippen molar-refractivity contribution in [2.45, 2.75) is 51.2 Å². The van der Waals surface area contributed by atoms with Gasteiger partial charge in [-0.15, -0.1) is 0 Å². The van der Waals surface area contributed by atoms with Crippen LogP contribution in [0, 0.1) is 12.8 Å². The highest BCUT2D eigenvalue weighted by Crippen LogP contribution is 2.40. The van der Waals surface area contributed by atoms with E-state index >= 15 is 0 Å². The molecule has 0 aromatic heterocycles. The maximum absolute atomic E-state index is 6.29. The molecule has 1 heterocycles. The molecule has 0 spiro atoms. The van der Waals surface area contributed by atoms with Crippen LogP contribution in [0.25, 0.3) is 0 Å². The van der Waals surface area contributed by atoms with Crippen LogP contribution in [-0.4, -0.2) is 6.10 Å². The van der Waals surface area contributed by atoms with Gasteiger partial charge in [-0.25, -0.2) is 0 Å². The van der Waals surface area contributed by atoms with Crippen molar-refractivity contribution >= 4 is 0 Å². The highest BCUT2D eigenvalue weighted by Gasteiger charge is 2.33. The summed E-state index contributed by atoms with van der Waals surface area (Å²) in [5.74, 6) is 1.75. The molecule has 1 aromatic carbocycles. The van der Waals surface area contributed by atoms with Crippen molar-refractivity contribution in [1.82, 2.24) is 0 Å². The number of fused-ring (bicyclic) bond motifs is 1. The molecule has 2 atom stereocenters. The predicted octanol–water partition coefficient (Wildman–Crippen LogP) is 3.34. The number of aryl methyl sites for hydroxylation is 1. The lowest BCUT2D eigenvalue weighted by atomic mass is 9.89. The van der Waals surface area contributed by atoms with Crippen LogP contribution in [0.2, 0.25) is 0 Å². The molecule has 1 saturated carbocycles. The third kappa shape index (κ3) is 2.06. The first-order chi connectivity index (χ1) is 8.24. The van der Waals surface area contributed by atoms with Crippen LogP contribution in [0.5, 0.6) is 5.75 Å². The molecule has 0 bridgehead atoms. The number of hydrogen-bond donors (Lipinski definition) is 1. The molecule has 0 saturated heterocycles. The Labute approximate surface area is 103 Å². The zero-order chi connectivity index (χ0) is 11.8. The molecule has 1 aliphatic carbocycles. The second kappa shape index (κ2) is 4.34. The highest BCUT2D eigenvalue weighted by molar-refractivity contribution is 5.40. The zero-order valence-corrected chi connectivity index (χ0v) is 10.5. The van der Waals surface area contributed by atoms with E-state index in [1.807, 2.05) is 0 Å². The molecule has 1 fully saturated rings. The van der Waals surface area contributed by atoms with Crippen LogP contribution in [0.1, 0.15) is 49.3 Å². The van der Waals surface area contributed by atoms with E-state index in [2.05, 4.69) is 25.1 Å². The average Bonchev–Trinajstić information content (AvgIpc) is 2.83. The molecule has 2 nitrogen and oxygen atoms in total. The minimum atomic E-state index is 0.157. The molecule has 2 unspecified atom stereocenters. The summed E-state index contributed by atoms with van der Waals surface area (Å²) in [6.07, 6.45) is 6.70. The summed E-state index contributed by atoms with van der Waals surface area (Å²) in [6.45, 7) is 2.11. The summed E-state index contributed by atoms with van der Waals surface area (Å²) in [5.41, 5.74) is 8.75. The van der Waals surface area contributed by atoms with Crippen molar-refractivity contribution in [3.05, 3.63) is 29.3 Å². The van der Waals surface area contributed by atoms with Gasteiger partial charge in [-0.2, -0.15) is 0 Å². The molecule has 2 N–H and O–H groups in total. The fraction of sp³-hybridized carbons (Fsp3) is 0.600. The molecule has 92 valence electrons. The maximum atomic E-state index is 6.29. The topological polar surface area (TPSA) is 35.2 Å². The third-order valence-corrected chi connectivity index (χ3v) is 4.25. The Kier molecular flexibility index (Phi) is 2.83. The molecule has 2 aliphatic rings. The predicted molar refractivity (Wildman–Crippen MR) is 69.1 cm³/mol. The van der Waals surface area contributed by atoms with Crippen molar-refractivity contribution in [2.75, 3.05) is 0 Å². The van der Waals surface area contributed by atoms with E-state index in [9.17, 15) is 0 Å². The quantitative estimate of drug-likeness (QED) is 0.804. The van der Waals surface area contributed by atoms with Gasteiger partial charge in [0.1, 0.15) is 11.9 Å². The Hall–Kier alpha value is -1.02. The van der Waals surface area contributed by atoms with Crippen molar-refractivity contribution in [3.8, 4) is 5.75 Å². The van der Waals surface area contributed by atoms with E-state index in [0.717, 1.165) is 18.1 Å². The summed E-state index contributed by atoms with van der Waals surface area (Å²) < 4.78 is 6.16. The van der Waals surface area contributed by atoms with Crippen molar-refractivity contribution in [2.24, 2.45) is 11.7 Å². The number of rotatable bonds is 1. The Bertz CT molecular complexity index is 409. The van der Waals surface area contributed by atoms with Crippen LogP contribution in [0.15, 0.2) is 18.2 Å². The maximum Gasteiger partial charge on any atom is 0.124 e. The molecule has 17 heavy (non-hydrogen) atoms. The van der Waals surface area contributed by atoms with Gasteiger partial charge in [0.25, 0.3) is 0 Å². The molecule has 3 rings (SSSR count). The van der Waals surface area contributed by atoms with Crippen molar-refractivity contribution in [1.29, 1.82) is 0 Å². The van der Waals surface area contributed by atoms with Crippen LogP contribution < -0.4 is 10.5 Å². The summed E-state index contributed by atoms with van der Waals surface area (Å²) in [5, 5.41) is 0. The van der Waals surface area contributed by atoms with Crippen molar-refractivity contribution in [3.63, 3.8) is 0 Å². The third-order valence-electron chi connectivity index (χ3n) is 4.25. The van der Waals surface area contributed by atoms with Gasteiger partial charge >= 0.3 is 0 Å². The lowest BCUT2D eigenvalue weighted by Gasteiger charge is -2.34. The van der Waals surface area contributed by atoms with Gasteiger partial charge < -0.3 is 10.5 Å². The van der Waals surface area contributed by atoms with E-state index in [-0.39, 0.29) is 6.04 Å². The normalized spacial score (nSPS) is 28.8. The smallest absolute Gasteiger partial charge is 0.124 e. The van der Waals surface area contributed by atoms with Crippen LogP contribution in [0.3, 0.4) is 0 Å². The van der Waals surface area contributed by atoms with Gasteiger partial charge in [0.15, 0.2) is 0 Å². The van der Waals surface area contributed by atoms with E-state index < -0.39 is 0 Å². The van der Waals surface area contributed by atoms with E-state index in [1.54, 1.807) is 0 Å². The summed E-state index contributed by atoms with van der Waals surface area (Å²) >= 11 is 0. The minimum Gasteiger partial charge on any atom is -0.490 e. The fourth-order valence-electron chi connectivity index (χ4n) is 3.27. The number of benzene rings is 1. The second-order valence-corrected chi connectivity index (χ2v) is 5.58. The first-order valence-corrected chi connectivity index (χ1v) is 6.77. The van der Waals surface area contributed by atoms with Gasteiger partial charge in [0.05, 0.1) is 0 Å². The number of hydrogen-bond acceptors (Lipinski definition) is 2. The lowest BCUT2D eigenvalue weighted by molar-refractivity contribution is 0.102. The Morgan fingerprint density at radius 1 is 1.24 bits per heavy atom. The van der Waals surface area contributed by atoms with Gasteiger partial charge in [-0.05, 0) is 31.7 Å². The van der Waals surface area contributed by atoms with Crippen LogP contribution in [0.4, 0.5) is 0 Å². The van der Waals surface area contributed by atoms with Crippen LogP contribution >= 0.6 is 0 Å². The molecule has 0 amide bonds. The van der Waals surface area contributed by atoms with E-state index in [0.29, 0.717) is 6.10 Å². The molecule has 1 aromatic rings. The Morgan fingerprint density at radius 3 is 2.76 bits per heavy atom. The number of nitrogens with two attached hydrogens (primary N) is 1. The van der Waals surface area contributed by atoms with E-state index in [1.165, 1.54) is 36.8 Å². The van der Waals surface area contributed by atoms with Gasteiger partial charge in [0, 0.05) is 18.0 Å². The number of ether oxygens (including phenoxy) is 1. The average molecular weight is 231 g/mol. The lowest BCUT2D eigenvalue weighted by Crippen LogP contribution is -2.34. The van der Waals surface area contributed by atoms with Crippen LogP contribution in [-0.2, 0) is 0 Å². The molecular formula is C15H21NO. The SMILES string of the molecule is Cc1ccc2c(c1)C(N)CC(C1CCCC1)O2. The first kappa shape index (κ1) is 11.1. The molecule has 2 heteroatoms. The van der Waals surface area contributed by atoms with Gasteiger partial charge in [-0.3, -0.25) is 0 Å². The largest absolute Gasteiger partial charge is 0.490 e. The Morgan fingerprint density at radius 2 is 2.00 bits per heavy atom. The highest BCUT2D eigenvalue weighted by atomic mass is 16.5. The Balaban J connectivity index is 1.84. The first-order valence-electron chi connectivity index (χ1n) is 6.77. The van der Waals surface area contributed by atoms with E-state index in [4.69, 9.17) is 10.5 Å². The van der Waals surface area contributed by atoms with Crippen molar-refractivity contribution < 1.29 is 4.74 Å². The monoisotopic (exact) mass is 231 g/mol. The van der Waals surface area contributed by atoms with Gasteiger partial charge in [-0.1, -0.05) is 30.5 Å². The summed E-state index contributed by atoms with van der Waals surface area (Å²) in [6, 6.07) is 6.53. The minimum absolute atomic E-state index is 0.157. The zero-order valence-electron chi connectivity index (χ0n) is 10.5. The summed E-state index contributed by atoms with van der Waals surface area (Å²) in [7, 11) is 0. The standard InChI is InChI=1S/C15H21NO/c1-10-6-7-14-12(8-10)13(16)9-15(17-14)11-4-2-3-5-11/h6-8,11,13,15H,2-5,9,16H2,1H3.